The summed E-state index contributed by atoms with van der Waals surface area (Å²) in [4.78, 5) is 6.91. The van der Waals surface area contributed by atoms with Crippen molar-refractivity contribution in [2.45, 2.75) is 81.6 Å². The van der Waals surface area contributed by atoms with Crippen LogP contribution in [-0.4, -0.2) is 60.0 Å². The lowest BCUT2D eigenvalue weighted by molar-refractivity contribution is -0.139. The molecule has 5 N–H and O–H groups in total. The molecule has 0 saturated carbocycles. The summed E-state index contributed by atoms with van der Waals surface area (Å²) < 4.78 is 76.5. The van der Waals surface area contributed by atoms with Gasteiger partial charge in [0.2, 0.25) is 5.96 Å². The molecule has 210 valence electrons. The number of hydrogen-bond acceptors (Lipinski definition) is 7. The van der Waals surface area contributed by atoms with Crippen molar-refractivity contribution in [3.05, 3.63) is 35.8 Å². The number of aliphatic imine (C=N–C) groups is 1. The first kappa shape index (κ1) is 27.1. The second kappa shape index (κ2) is 9.95. The average Bonchev–Trinajstić information content (AvgIpc) is 3.33. The van der Waals surface area contributed by atoms with E-state index in [4.69, 9.17) is 10.5 Å². The number of piperidine rings is 2. The number of nitrogens with one attached hydrogen (secondary N) is 3. The molecule has 7 nitrogen and oxygen atoms in total. The molecular weight excluding hydrogens is 507 g/mol. The van der Waals surface area contributed by atoms with E-state index in [0.717, 1.165) is 37.7 Å². The predicted octanol–water partition coefficient (Wildman–Crippen LogP) is 4.27. The molecule has 0 amide bonds. The molecule has 4 heterocycles. The Balaban J connectivity index is 1.38. The van der Waals surface area contributed by atoms with Gasteiger partial charge < -0.3 is 26.4 Å². The maximum atomic E-state index is 15.2. The van der Waals surface area contributed by atoms with Crippen molar-refractivity contribution in [2.24, 2.45) is 16.6 Å². The lowest BCUT2D eigenvalue weighted by atomic mass is 9.73. The average molecular weight is 543 g/mol. The van der Waals surface area contributed by atoms with Crippen LogP contribution >= 0.6 is 0 Å². The minimum atomic E-state index is -4.74. The Morgan fingerprint density at radius 3 is 2.76 bits per heavy atom. The lowest BCUT2D eigenvalue weighted by Gasteiger charge is -2.51. The molecule has 0 radical (unpaired) electrons. The largest absolute Gasteiger partial charge is 0.487 e. The summed E-state index contributed by atoms with van der Waals surface area (Å²) in [7, 11) is 0. The van der Waals surface area contributed by atoms with Gasteiger partial charge in [0.05, 0.1) is 5.56 Å². The highest BCUT2D eigenvalue weighted by Gasteiger charge is 2.51. The Labute approximate surface area is 219 Å². The first-order valence-electron chi connectivity index (χ1n) is 13.1. The van der Waals surface area contributed by atoms with E-state index < -0.39 is 41.3 Å². The Bertz CT molecular complexity index is 1110. The maximum Gasteiger partial charge on any atom is 0.420 e. The fourth-order valence-electron chi connectivity index (χ4n) is 6.37. The number of rotatable bonds is 4. The van der Waals surface area contributed by atoms with Crippen LogP contribution < -0.4 is 26.4 Å². The Hall–Kier alpha value is -2.44. The molecule has 4 aliphatic heterocycles. The van der Waals surface area contributed by atoms with Gasteiger partial charge in [-0.15, -0.1) is 0 Å². The fourth-order valence-corrected chi connectivity index (χ4v) is 6.37. The van der Waals surface area contributed by atoms with E-state index in [1.165, 1.54) is 6.07 Å². The van der Waals surface area contributed by atoms with Crippen LogP contribution in [0, 0.1) is 5.92 Å². The molecule has 5 rings (SSSR count). The van der Waals surface area contributed by atoms with Gasteiger partial charge in [-0.25, -0.2) is 13.8 Å². The lowest BCUT2D eigenvalue weighted by Crippen LogP contribution is -2.60. The van der Waals surface area contributed by atoms with Gasteiger partial charge in [-0.05, 0) is 77.2 Å². The number of anilines is 1. The molecule has 38 heavy (non-hydrogen) atoms. The highest BCUT2D eigenvalue weighted by atomic mass is 19.4. The number of fused-ring (bicyclic) bond motifs is 1. The number of guanidine groups is 1. The van der Waals surface area contributed by atoms with Gasteiger partial charge >= 0.3 is 6.18 Å². The van der Waals surface area contributed by atoms with Crippen molar-refractivity contribution in [1.82, 2.24) is 15.5 Å². The monoisotopic (exact) mass is 542 g/mol. The van der Waals surface area contributed by atoms with Gasteiger partial charge in [0.25, 0.3) is 0 Å². The van der Waals surface area contributed by atoms with E-state index in [-0.39, 0.29) is 36.1 Å². The van der Waals surface area contributed by atoms with Crippen LogP contribution in [-0.2, 0) is 6.18 Å². The number of hydrogen-bond donors (Lipinski definition) is 4. The van der Waals surface area contributed by atoms with Crippen LogP contribution in [0.15, 0.2) is 35.2 Å². The summed E-state index contributed by atoms with van der Waals surface area (Å²) in [5, 5.41) is 8.32. The van der Waals surface area contributed by atoms with E-state index in [2.05, 4.69) is 39.7 Å². The third-order valence-corrected chi connectivity index (χ3v) is 8.27. The summed E-state index contributed by atoms with van der Waals surface area (Å²) in [6.07, 6.45) is -2.33. The second-order valence-corrected chi connectivity index (χ2v) is 11.4. The zero-order valence-electron chi connectivity index (χ0n) is 21.5. The number of benzene rings is 1. The number of halogens is 5. The smallest absolute Gasteiger partial charge is 0.420 e. The number of nitrogens with zero attached hydrogens (tertiary/aromatic N) is 2. The number of alkyl halides is 4. The van der Waals surface area contributed by atoms with Crippen molar-refractivity contribution < 1.29 is 26.7 Å². The van der Waals surface area contributed by atoms with Crippen LogP contribution in [0.4, 0.5) is 27.6 Å². The standard InChI is InChI=1S/C26H35F5N6O/c1-24(2)12-15(10-17-4-3-9-37(17)24)25(32)22(28)14-34-23(36-25)35-16-5-6-20(18(11-16)26(29,30)31)38-21-7-8-33-13-19(21)27/h5-6,11,14-15,17,19,21,33H,3-4,7-10,12-13,32H2,1-2H3,(H2,34,35,36)/t15-,17+,19+,21+,25?/m1/s1. The molecule has 0 aromatic heterocycles. The molecule has 4 aliphatic rings. The van der Waals surface area contributed by atoms with Crippen molar-refractivity contribution in [1.29, 1.82) is 0 Å². The van der Waals surface area contributed by atoms with E-state index in [0.29, 0.717) is 25.4 Å². The van der Waals surface area contributed by atoms with Crippen LogP contribution in [0.25, 0.3) is 0 Å². The summed E-state index contributed by atoms with van der Waals surface area (Å²) in [6.45, 7) is 5.74. The molecule has 0 spiro atoms. The van der Waals surface area contributed by atoms with E-state index in [1.807, 2.05) is 0 Å². The molecule has 0 aliphatic carbocycles. The van der Waals surface area contributed by atoms with Gasteiger partial charge in [0.15, 0.2) is 11.5 Å². The van der Waals surface area contributed by atoms with Gasteiger partial charge in [-0.2, -0.15) is 13.2 Å². The topological polar surface area (TPSA) is 86.9 Å². The van der Waals surface area contributed by atoms with Crippen LogP contribution in [0.5, 0.6) is 5.75 Å². The van der Waals surface area contributed by atoms with Crippen molar-refractivity contribution in [3.63, 3.8) is 0 Å². The SMILES string of the molecule is CC1(C)C[C@H](C2(N)N=C(Nc3ccc(O[C@H]4CCNC[C@@H]4F)c(C(F)(F)F)c3)NC=C2F)C[C@@H]2CCCN21. The summed E-state index contributed by atoms with van der Waals surface area (Å²) in [5.41, 5.74) is 3.80. The summed E-state index contributed by atoms with van der Waals surface area (Å²) in [6, 6.07) is 3.72. The third-order valence-electron chi connectivity index (χ3n) is 8.27. The van der Waals surface area contributed by atoms with Crippen molar-refractivity contribution in [3.8, 4) is 5.75 Å². The van der Waals surface area contributed by atoms with E-state index in [1.54, 1.807) is 0 Å². The van der Waals surface area contributed by atoms with Gasteiger partial charge in [0.1, 0.15) is 18.0 Å². The molecule has 3 saturated heterocycles. The molecular formula is C26H35F5N6O. The Morgan fingerprint density at radius 1 is 1.24 bits per heavy atom. The molecule has 1 aromatic carbocycles. The van der Waals surface area contributed by atoms with Gasteiger partial charge in [-0.3, -0.25) is 4.90 Å². The predicted molar refractivity (Wildman–Crippen MR) is 135 cm³/mol. The second-order valence-electron chi connectivity index (χ2n) is 11.4. The molecule has 0 bridgehead atoms. The molecule has 12 heteroatoms. The van der Waals surface area contributed by atoms with Crippen LogP contribution in [0.3, 0.4) is 0 Å². The summed E-state index contributed by atoms with van der Waals surface area (Å²) in [5.74, 6) is -1.30. The van der Waals surface area contributed by atoms with E-state index in [9.17, 15) is 17.6 Å². The van der Waals surface area contributed by atoms with Crippen molar-refractivity contribution in [2.75, 3.05) is 25.0 Å². The van der Waals surface area contributed by atoms with Crippen LogP contribution in [0.2, 0.25) is 0 Å². The van der Waals surface area contributed by atoms with Crippen molar-refractivity contribution >= 4 is 11.6 Å². The quantitative estimate of drug-likeness (QED) is 0.425. The Kier molecular flexibility index (Phi) is 7.10. The summed E-state index contributed by atoms with van der Waals surface area (Å²) >= 11 is 0. The Morgan fingerprint density at radius 2 is 2.03 bits per heavy atom. The fraction of sp³-hybridized carbons (Fsp3) is 0.654. The molecule has 1 unspecified atom stereocenters. The minimum Gasteiger partial charge on any atom is -0.487 e. The highest BCUT2D eigenvalue weighted by Crippen LogP contribution is 2.46. The number of ether oxygens (including phenoxy) is 1. The van der Waals surface area contributed by atoms with Gasteiger partial charge in [0, 0.05) is 35.9 Å². The number of nitrogens with two attached hydrogens (primary N) is 1. The molecule has 5 atom stereocenters. The minimum absolute atomic E-state index is 0.0268. The van der Waals surface area contributed by atoms with Gasteiger partial charge in [-0.1, -0.05) is 0 Å². The molecule has 3 fully saturated rings. The third kappa shape index (κ3) is 5.22. The molecule has 1 aromatic rings. The van der Waals surface area contributed by atoms with Crippen LogP contribution in [0.1, 0.15) is 51.5 Å². The first-order valence-corrected chi connectivity index (χ1v) is 13.1. The zero-order chi connectivity index (χ0) is 27.3. The zero-order valence-corrected chi connectivity index (χ0v) is 21.5. The normalized spacial score (nSPS) is 33.6. The maximum absolute atomic E-state index is 15.2. The first-order chi connectivity index (χ1) is 17.9. The highest BCUT2D eigenvalue weighted by molar-refractivity contribution is 5.95. The van der Waals surface area contributed by atoms with E-state index >= 15 is 4.39 Å².